The lowest BCUT2D eigenvalue weighted by Crippen LogP contribution is -2.37. The van der Waals surface area contributed by atoms with Crippen LogP contribution in [0.15, 0.2) is 11.6 Å². The third kappa shape index (κ3) is 4.96. The first-order valence-electron chi connectivity index (χ1n) is 8.22. The zero-order chi connectivity index (χ0) is 15.3. The molecule has 0 saturated heterocycles. The van der Waals surface area contributed by atoms with Gasteiger partial charge in [0.05, 0.1) is 0 Å². The van der Waals surface area contributed by atoms with Crippen molar-refractivity contribution in [1.82, 2.24) is 4.90 Å². The second kappa shape index (κ2) is 7.28. The summed E-state index contributed by atoms with van der Waals surface area (Å²) in [7, 11) is 0. The predicted octanol–water partition coefficient (Wildman–Crippen LogP) is 4.65. The Labute approximate surface area is 125 Å². The van der Waals surface area contributed by atoms with Gasteiger partial charge in [-0.05, 0) is 50.9 Å². The molecule has 1 amide bonds. The Kier molecular flexibility index (Phi) is 6.29. The molecule has 0 aromatic heterocycles. The number of hydrogen-bond acceptors (Lipinski definition) is 1. The van der Waals surface area contributed by atoms with E-state index in [4.69, 9.17) is 0 Å². The molecule has 20 heavy (non-hydrogen) atoms. The summed E-state index contributed by atoms with van der Waals surface area (Å²) in [6, 6.07) is 0. The predicted molar refractivity (Wildman–Crippen MR) is 86.6 cm³/mol. The number of carbonyl (C=O) groups is 1. The van der Waals surface area contributed by atoms with E-state index in [0.717, 1.165) is 19.5 Å². The molecule has 1 saturated carbocycles. The highest BCUT2D eigenvalue weighted by atomic mass is 16.2. The lowest BCUT2D eigenvalue weighted by atomic mass is 9.98. The largest absolute Gasteiger partial charge is 0.342 e. The van der Waals surface area contributed by atoms with E-state index in [1.54, 1.807) is 0 Å². The van der Waals surface area contributed by atoms with Crippen LogP contribution in [0.25, 0.3) is 0 Å². The number of allylic oxidation sites excluding steroid dienone is 2. The van der Waals surface area contributed by atoms with Gasteiger partial charge in [-0.15, -0.1) is 0 Å². The van der Waals surface area contributed by atoms with Crippen molar-refractivity contribution in [3.05, 3.63) is 11.6 Å². The fraction of sp³-hybridized carbons (Fsp3) is 0.833. The van der Waals surface area contributed by atoms with Crippen molar-refractivity contribution in [3.63, 3.8) is 0 Å². The average molecular weight is 279 g/mol. The number of rotatable bonds is 8. The maximum Gasteiger partial charge on any atom is 0.225 e. The van der Waals surface area contributed by atoms with Gasteiger partial charge in [-0.3, -0.25) is 4.79 Å². The van der Waals surface area contributed by atoms with Gasteiger partial charge in [0.1, 0.15) is 0 Å². The van der Waals surface area contributed by atoms with Crippen LogP contribution in [-0.2, 0) is 4.79 Å². The quantitative estimate of drug-likeness (QED) is 0.592. The molecule has 2 heteroatoms. The molecule has 2 nitrogen and oxygen atoms in total. The summed E-state index contributed by atoms with van der Waals surface area (Å²) in [4.78, 5) is 14.3. The minimum absolute atomic E-state index is 0.122. The molecule has 0 spiro atoms. The van der Waals surface area contributed by atoms with Crippen molar-refractivity contribution >= 4 is 5.91 Å². The minimum Gasteiger partial charge on any atom is -0.342 e. The van der Waals surface area contributed by atoms with Crippen molar-refractivity contribution in [1.29, 1.82) is 0 Å². The van der Waals surface area contributed by atoms with E-state index < -0.39 is 0 Å². The zero-order valence-electron chi connectivity index (χ0n) is 14.3. The lowest BCUT2D eigenvalue weighted by molar-refractivity contribution is -0.134. The van der Waals surface area contributed by atoms with Crippen molar-refractivity contribution < 1.29 is 4.79 Å². The van der Waals surface area contributed by atoms with Gasteiger partial charge in [-0.1, -0.05) is 39.3 Å². The van der Waals surface area contributed by atoms with Crippen molar-refractivity contribution in [2.45, 2.75) is 67.2 Å². The first kappa shape index (κ1) is 17.3. The highest BCUT2D eigenvalue weighted by Gasteiger charge is 2.49. The highest BCUT2D eigenvalue weighted by Crippen LogP contribution is 2.55. The average Bonchev–Trinajstić information content (AvgIpc) is 2.97. The maximum atomic E-state index is 12.2. The monoisotopic (exact) mass is 279 g/mol. The van der Waals surface area contributed by atoms with Crippen LogP contribution in [0.1, 0.15) is 67.2 Å². The van der Waals surface area contributed by atoms with Gasteiger partial charge >= 0.3 is 0 Å². The fourth-order valence-corrected chi connectivity index (χ4v) is 2.98. The Bertz CT molecular complexity index is 354. The van der Waals surface area contributed by atoms with E-state index in [1.165, 1.54) is 24.8 Å². The topological polar surface area (TPSA) is 20.3 Å². The molecule has 0 aromatic rings. The third-order valence-electron chi connectivity index (χ3n) is 4.55. The third-order valence-corrected chi connectivity index (χ3v) is 4.55. The SMILES string of the molecule is CCCN(CC1CC1(C)CCC=C(C)C)C(=O)C(C)C. The number of carbonyl (C=O) groups excluding carboxylic acids is 1. The minimum atomic E-state index is 0.122. The Morgan fingerprint density at radius 3 is 2.55 bits per heavy atom. The van der Waals surface area contributed by atoms with Crippen LogP contribution in [0, 0.1) is 17.3 Å². The van der Waals surface area contributed by atoms with E-state index in [2.05, 4.69) is 38.7 Å². The summed E-state index contributed by atoms with van der Waals surface area (Å²) in [6.07, 6.45) is 7.12. The van der Waals surface area contributed by atoms with E-state index in [-0.39, 0.29) is 5.92 Å². The van der Waals surface area contributed by atoms with E-state index in [9.17, 15) is 4.79 Å². The Morgan fingerprint density at radius 2 is 2.05 bits per heavy atom. The van der Waals surface area contributed by atoms with Crippen molar-refractivity contribution in [2.24, 2.45) is 17.3 Å². The van der Waals surface area contributed by atoms with Gasteiger partial charge in [0.2, 0.25) is 5.91 Å². The standard InChI is InChI=1S/C18H33NO/c1-7-11-19(17(20)15(4)5)13-16-12-18(16,6)10-8-9-14(2)3/h9,15-16H,7-8,10-13H2,1-6H3. The molecule has 0 bridgehead atoms. The Morgan fingerprint density at radius 1 is 1.40 bits per heavy atom. The van der Waals surface area contributed by atoms with Crippen LogP contribution >= 0.6 is 0 Å². The molecule has 0 aliphatic heterocycles. The molecule has 116 valence electrons. The lowest BCUT2D eigenvalue weighted by Gasteiger charge is -2.25. The number of nitrogens with zero attached hydrogens (tertiary/aromatic N) is 1. The molecular weight excluding hydrogens is 246 g/mol. The van der Waals surface area contributed by atoms with Crippen LogP contribution in [0.3, 0.4) is 0 Å². The first-order chi connectivity index (χ1) is 9.30. The van der Waals surface area contributed by atoms with E-state index >= 15 is 0 Å². The molecule has 2 unspecified atom stereocenters. The summed E-state index contributed by atoms with van der Waals surface area (Å²) in [5.74, 6) is 1.16. The smallest absolute Gasteiger partial charge is 0.225 e. The normalized spacial score (nSPS) is 24.6. The Balaban J connectivity index is 2.47. The molecule has 1 rings (SSSR count). The number of amides is 1. The molecule has 0 N–H and O–H groups in total. The highest BCUT2D eigenvalue weighted by molar-refractivity contribution is 5.78. The first-order valence-corrected chi connectivity index (χ1v) is 8.22. The van der Waals surface area contributed by atoms with Crippen molar-refractivity contribution in [2.75, 3.05) is 13.1 Å². The second-order valence-corrected chi connectivity index (χ2v) is 7.31. The van der Waals surface area contributed by atoms with Crippen LogP contribution < -0.4 is 0 Å². The summed E-state index contributed by atoms with van der Waals surface area (Å²) < 4.78 is 0. The summed E-state index contributed by atoms with van der Waals surface area (Å²) in [5, 5.41) is 0. The summed E-state index contributed by atoms with van der Waals surface area (Å²) >= 11 is 0. The van der Waals surface area contributed by atoms with Gasteiger partial charge in [0, 0.05) is 19.0 Å². The van der Waals surface area contributed by atoms with Crippen LogP contribution in [0.2, 0.25) is 0 Å². The van der Waals surface area contributed by atoms with Crippen LogP contribution in [-0.4, -0.2) is 23.9 Å². The van der Waals surface area contributed by atoms with Crippen LogP contribution in [0.5, 0.6) is 0 Å². The zero-order valence-corrected chi connectivity index (χ0v) is 14.3. The van der Waals surface area contributed by atoms with Gasteiger partial charge < -0.3 is 4.90 Å². The Hall–Kier alpha value is -0.790. The van der Waals surface area contributed by atoms with Gasteiger partial charge in [0.25, 0.3) is 0 Å². The van der Waals surface area contributed by atoms with Gasteiger partial charge in [-0.25, -0.2) is 0 Å². The molecular formula is C18H33NO. The van der Waals surface area contributed by atoms with Crippen LogP contribution in [0.4, 0.5) is 0 Å². The van der Waals surface area contributed by atoms with E-state index in [1.807, 2.05) is 13.8 Å². The molecule has 0 aromatic carbocycles. The van der Waals surface area contributed by atoms with E-state index in [0.29, 0.717) is 17.2 Å². The second-order valence-electron chi connectivity index (χ2n) is 7.31. The molecule has 1 aliphatic carbocycles. The van der Waals surface area contributed by atoms with Crippen molar-refractivity contribution in [3.8, 4) is 0 Å². The summed E-state index contributed by atoms with van der Waals surface area (Å²) in [5.41, 5.74) is 1.88. The molecule has 1 aliphatic rings. The maximum absolute atomic E-state index is 12.2. The number of hydrogen-bond donors (Lipinski definition) is 0. The molecule has 0 heterocycles. The molecule has 1 fully saturated rings. The van der Waals surface area contributed by atoms with Gasteiger partial charge in [-0.2, -0.15) is 0 Å². The van der Waals surface area contributed by atoms with Gasteiger partial charge in [0.15, 0.2) is 0 Å². The summed E-state index contributed by atoms with van der Waals surface area (Å²) in [6.45, 7) is 14.8. The molecule has 0 radical (unpaired) electrons. The molecule has 2 atom stereocenters. The fourth-order valence-electron chi connectivity index (χ4n) is 2.98.